The van der Waals surface area contributed by atoms with Crippen LogP contribution in [0.3, 0.4) is 0 Å². The molecule has 132 valence electrons. The van der Waals surface area contributed by atoms with Crippen molar-refractivity contribution in [1.82, 2.24) is 10.6 Å². The molecule has 0 aliphatic heterocycles. The molecule has 0 bridgehead atoms. The first-order valence-electron chi connectivity index (χ1n) is 9.34. The zero-order valence-corrected chi connectivity index (χ0v) is 14.6. The van der Waals surface area contributed by atoms with Crippen molar-refractivity contribution in [2.75, 3.05) is 13.1 Å². The molecule has 1 aromatic heterocycles. The summed E-state index contributed by atoms with van der Waals surface area (Å²) in [6.07, 6.45) is 9.88. The van der Waals surface area contributed by atoms with Gasteiger partial charge in [0.25, 0.3) is 5.91 Å². The Morgan fingerprint density at radius 3 is 2.54 bits per heavy atom. The number of aryl methyl sites for hydroxylation is 1. The van der Waals surface area contributed by atoms with Gasteiger partial charge in [0.15, 0.2) is 11.5 Å². The highest BCUT2D eigenvalue weighted by Crippen LogP contribution is 2.29. The molecule has 1 aromatic rings. The van der Waals surface area contributed by atoms with Crippen LogP contribution < -0.4 is 10.6 Å². The predicted molar refractivity (Wildman–Crippen MR) is 92.5 cm³/mol. The molecule has 0 atom stereocenters. The number of ketones is 1. The van der Waals surface area contributed by atoms with E-state index in [1.807, 2.05) is 6.92 Å². The minimum atomic E-state index is -0.211. The molecule has 1 saturated carbocycles. The Hall–Kier alpha value is -1.62. The third kappa shape index (κ3) is 3.89. The number of nitrogens with one attached hydrogen (secondary N) is 2. The average Bonchev–Trinajstić information content (AvgIpc) is 2.74. The summed E-state index contributed by atoms with van der Waals surface area (Å²) < 4.78 is 5.68. The van der Waals surface area contributed by atoms with Gasteiger partial charge in [-0.3, -0.25) is 9.59 Å². The van der Waals surface area contributed by atoms with Gasteiger partial charge in [-0.15, -0.1) is 0 Å². The van der Waals surface area contributed by atoms with Gasteiger partial charge in [0.05, 0.1) is 5.56 Å². The second-order valence-electron chi connectivity index (χ2n) is 7.03. The SMILES string of the molecule is Cc1c(C(=O)NCCNC2CCCCCC2)oc2c1C(=O)CCC2. The van der Waals surface area contributed by atoms with Crippen LogP contribution in [-0.2, 0) is 6.42 Å². The molecule has 5 nitrogen and oxygen atoms in total. The summed E-state index contributed by atoms with van der Waals surface area (Å²) in [4.78, 5) is 24.4. The van der Waals surface area contributed by atoms with Crippen molar-refractivity contribution in [3.8, 4) is 0 Å². The molecule has 2 aliphatic rings. The van der Waals surface area contributed by atoms with Gasteiger partial charge in [0.1, 0.15) is 5.76 Å². The number of carbonyl (C=O) groups is 2. The van der Waals surface area contributed by atoms with Gasteiger partial charge in [0, 0.05) is 37.5 Å². The Morgan fingerprint density at radius 2 is 1.83 bits per heavy atom. The van der Waals surface area contributed by atoms with Crippen molar-refractivity contribution in [3.05, 3.63) is 22.6 Å². The van der Waals surface area contributed by atoms with Crippen LogP contribution >= 0.6 is 0 Å². The number of furan rings is 1. The Morgan fingerprint density at radius 1 is 1.08 bits per heavy atom. The van der Waals surface area contributed by atoms with Gasteiger partial charge in [0.2, 0.25) is 0 Å². The lowest BCUT2D eigenvalue weighted by Gasteiger charge is -2.16. The molecule has 1 heterocycles. The van der Waals surface area contributed by atoms with Crippen molar-refractivity contribution in [3.63, 3.8) is 0 Å². The molecule has 1 fully saturated rings. The third-order valence-corrected chi connectivity index (χ3v) is 5.21. The highest BCUT2D eigenvalue weighted by molar-refractivity contribution is 6.03. The maximum atomic E-state index is 12.4. The van der Waals surface area contributed by atoms with Gasteiger partial charge in [-0.1, -0.05) is 25.7 Å². The van der Waals surface area contributed by atoms with E-state index in [1.165, 1.54) is 38.5 Å². The number of Topliss-reactive ketones (excluding diaryl/α,β-unsaturated/α-hetero) is 1. The highest BCUT2D eigenvalue weighted by Gasteiger charge is 2.28. The van der Waals surface area contributed by atoms with E-state index in [4.69, 9.17) is 4.42 Å². The normalized spacial score (nSPS) is 19.0. The Balaban J connectivity index is 1.49. The van der Waals surface area contributed by atoms with E-state index in [-0.39, 0.29) is 11.7 Å². The average molecular weight is 332 g/mol. The lowest BCUT2D eigenvalue weighted by molar-refractivity contribution is 0.0919. The first-order valence-corrected chi connectivity index (χ1v) is 9.34. The summed E-state index contributed by atoms with van der Waals surface area (Å²) in [5.41, 5.74) is 1.34. The molecular formula is C19H28N2O3. The molecule has 0 saturated heterocycles. The number of hydrogen-bond acceptors (Lipinski definition) is 4. The molecule has 2 N–H and O–H groups in total. The van der Waals surface area contributed by atoms with Crippen LogP contribution in [-0.4, -0.2) is 30.8 Å². The van der Waals surface area contributed by atoms with E-state index >= 15 is 0 Å². The first-order chi connectivity index (χ1) is 11.7. The third-order valence-electron chi connectivity index (χ3n) is 5.21. The van der Waals surface area contributed by atoms with E-state index < -0.39 is 0 Å². The molecular weight excluding hydrogens is 304 g/mol. The Kier molecular flexibility index (Phi) is 5.72. The summed E-state index contributed by atoms with van der Waals surface area (Å²) in [7, 11) is 0. The molecule has 5 heteroatoms. The number of amides is 1. The van der Waals surface area contributed by atoms with Gasteiger partial charge < -0.3 is 15.1 Å². The number of rotatable bonds is 5. The Labute approximate surface area is 143 Å². The number of fused-ring (bicyclic) bond motifs is 1. The topological polar surface area (TPSA) is 71.3 Å². The lowest BCUT2D eigenvalue weighted by Crippen LogP contribution is -2.36. The summed E-state index contributed by atoms with van der Waals surface area (Å²) in [6, 6.07) is 0.583. The van der Waals surface area contributed by atoms with Crippen molar-refractivity contribution in [2.24, 2.45) is 0 Å². The number of hydrogen-bond donors (Lipinski definition) is 2. The van der Waals surface area contributed by atoms with Crippen molar-refractivity contribution in [1.29, 1.82) is 0 Å². The van der Waals surface area contributed by atoms with Gasteiger partial charge in [-0.25, -0.2) is 0 Å². The molecule has 0 spiro atoms. The smallest absolute Gasteiger partial charge is 0.287 e. The summed E-state index contributed by atoms with van der Waals surface area (Å²) in [5.74, 6) is 0.888. The number of carbonyl (C=O) groups excluding carboxylic acids is 2. The standard InChI is InChI=1S/C19H28N2O3/c1-13-17-15(22)9-6-10-16(17)24-18(13)19(23)21-12-11-20-14-7-4-2-3-5-8-14/h14,20H,2-12H2,1H3,(H,21,23). The van der Waals surface area contributed by atoms with Gasteiger partial charge in [-0.05, 0) is 26.2 Å². The van der Waals surface area contributed by atoms with Crippen LogP contribution in [0.2, 0.25) is 0 Å². The maximum Gasteiger partial charge on any atom is 0.287 e. The van der Waals surface area contributed by atoms with Crippen LogP contribution in [0.25, 0.3) is 0 Å². The van der Waals surface area contributed by atoms with Crippen LogP contribution in [0.1, 0.15) is 83.6 Å². The minimum Gasteiger partial charge on any atom is -0.455 e. The second-order valence-corrected chi connectivity index (χ2v) is 7.03. The van der Waals surface area contributed by atoms with Crippen LogP contribution in [0, 0.1) is 6.92 Å². The van der Waals surface area contributed by atoms with E-state index in [0.717, 1.165) is 19.4 Å². The molecule has 0 aromatic carbocycles. The lowest BCUT2D eigenvalue weighted by atomic mass is 9.94. The molecule has 0 unspecified atom stereocenters. The molecule has 0 radical (unpaired) electrons. The molecule has 3 rings (SSSR count). The minimum absolute atomic E-state index is 0.103. The molecule has 2 aliphatic carbocycles. The monoisotopic (exact) mass is 332 g/mol. The largest absolute Gasteiger partial charge is 0.455 e. The second kappa shape index (κ2) is 7.97. The maximum absolute atomic E-state index is 12.4. The first kappa shape index (κ1) is 17.2. The zero-order chi connectivity index (χ0) is 16.9. The van der Waals surface area contributed by atoms with Crippen LogP contribution in [0.15, 0.2) is 4.42 Å². The molecule has 24 heavy (non-hydrogen) atoms. The van der Waals surface area contributed by atoms with E-state index in [1.54, 1.807) is 0 Å². The predicted octanol–water partition coefficient (Wildman–Crippen LogP) is 3.15. The Bertz CT molecular complexity index is 598. The van der Waals surface area contributed by atoms with E-state index in [0.29, 0.717) is 41.7 Å². The van der Waals surface area contributed by atoms with E-state index in [2.05, 4.69) is 10.6 Å². The van der Waals surface area contributed by atoms with Crippen LogP contribution in [0.5, 0.6) is 0 Å². The van der Waals surface area contributed by atoms with Gasteiger partial charge >= 0.3 is 0 Å². The fourth-order valence-corrected chi connectivity index (χ4v) is 3.88. The van der Waals surface area contributed by atoms with Crippen molar-refractivity contribution < 1.29 is 14.0 Å². The molecule has 1 amide bonds. The quantitative estimate of drug-likeness (QED) is 0.642. The van der Waals surface area contributed by atoms with Gasteiger partial charge in [-0.2, -0.15) is 0 Å². The summed E-state index contributed by atoms with van der Waals surface area (Å²) >= 11 is 0. The van der Waals surface area contributed by atoms with Crippen LogP contribution in [0.4, 0.5) is 0 Å². The zero-order valence-electron chi connectivity index (χ0n) is 14.6. The van der Waals surface area contributed by atoms with Crippen molar-refractivity contribution >= 4 is 11.7 Å². The fourth-order valence-electron chi connectivity index (χ4n) is 3.88. The van der Waals surface area contributed by atoms with E-state index in [9.17, 15) is 9.59 Å². The fraction of sp³-hybridized carbons (Fsp3) is 0.684. The highest BCUT2D eigenvalue weighted by atomic mass is 16.4. The van der Waals surface area contributed by atoms with Crippen molar-refractivity contribution in [2.45, 2.75) is 70.8 Å². The summed E-state index contributed by atoms with van der Waals surface area (Å²) in [6.45, 7) is 3.16. The summed E-state index contributed by atoms with van der Waals surface area (Å²) in [5, 5.41) is 6.45.